The highest BCUT2D eigenvalue weighted by molar-refractivity contribution is 5.99. The zero-order chi connectivity index (χ0) is 13.9. The van der Waals surface area contributed by atoms with Crippen molar-refractivity contribution < 1.29 is 0 Å². The van der Waals surface area contributed by atoms with Crippen LogP contribution in [0.5, 0.6) is 0 Å². The van der Waals surface area contributed by atoms with E-state index in [0.717, 1.165) is 12.0 Å². The molecular formula is C19H17N. The number of fused-ring (bicyclic) bond motifs is 2. The maximum atomic E-state index is 4.38. The van der Waals surface area contributed by atoms with Gasteiger partial charge >= 0.3 is 0 Å². The van der Waals surface area contributed by atoms with E-state index >= 15 is 0 Å². The fourth-order valence-corrected chi connectivity index (χ4v) is 2.54. The first kappa shape index (κ1) is 12.6. The summed E-state index contributed by atoms with van der Waals surface area (Å²) in [5.41, 5.74) is 7.45. The number of hydrogen-bond donors (Lipinski definition) is 0. The summed E-state index contributed by atoms with van der Waals surface area (Å²) in [6.07, 6.45) is 12.9. The van der Waals surface area contributed by atoms with Gasteiger partial charge in [0.1, 0.15) is 0 Å². The Hall–Kier alpha value is -2.41. The standard InChI is InChI=1S/C19H17N/c1-14-7-5-6-10-20-13-17-12-16-8-3-4-9-18(16)19(17)11-15(14)2/h3-11,13H,1,12H2,2H3/b7-5-,10-6-,15-11+,20-13?. The second-order valence-corrected chi connectivity index (χ2v) is 5.10. The molecule has 0 bridgehead atoms. The third kappa shape index (κ3) is 2.35. The Morgan fingerprint density at radius 2 is 2.00 bits per heavy atom. The molecule has 1 heteroatoms. The molecule has 0 amide bonds. The lowest BCUT2D eigenvalue weighted by molar-refractivity contribution is 1.27. The lowest BCUT2D eigenvalue weighted by atomic mass is 10.00. The van der Waals surface area contributed by atoms with Gasteiger partial charge in [0.25, 0.3) is 0 Å². The summed E-state index contributed by atoms with van der Waals surface area (Å²) in [5, 5.41) is 0. The van der Waals surface area contributed by atoms with Gasteiger partial charge in [0.05, 0.1) is 0 Å². The molecule has 0 aromatic heterocycles. The van der Waals surface area contributed by atoms with Gasteiger partial charge in [-0.2, -0.15) is 0 Å². The molecule has 0 N–H and O–H groups in total. The molecule has 0 spiro atoms. The Labute approximate surface area is 120 Å². The van der Waals surface area contributed by atoms with Crippen molar-refractivity contribution in [3.8, 4) is 0 Å². The molecule has 0 radical (unpaired) electrons. The molecule has 98 valence electrons. The average Bonchev–Trinajstić information content (AvgIpc) is 2.79. The molecule has 1 aromatic carbocycles. The predicted octanol–water partition coefficient (Wildman–Crippen LogP) is 4.65. The third-order valence-electron chi connectivity index (χ3n) is 3.71. The number of rotatable bonds is 0. The summed E-state index contributed by atoms with van der Waals surface area (Å²) in [6, 6.07) is 8.56. The quantitative estimate of drug-likeness (QED) is 0.643. The van der Waals surface area contributed by atoms with Crippen molar-refractivity contribution in [3.05, 3.63) is 89.2 Å². The molecule has 0 saturated heterocycles. The second kappa shape index (κ2) is 5.30. The number of hydrogen-bond acceptors (Lipinski definition) is 1. The monoisotopic (exact) mass is 259 g/mol. The van der Waals surface area contributed by atoms with Crippen LogP contribution in [-0.2, 0) is 6.42 Å². The minimum absolute atomic E-state index is 0.951. The fraction of sp³-hybridized carbons (Fsp3) is 0.105. The minimum atomic E-state index is 0.951. The molecule has 1 nitrogen and oxygen atoms in total. The van der Waals surface area contributed by atoms with Crippen molar-refractivity contribution in [1.29, 1.82) is 0 Å². The summed E-state index contributed by atoms with van der Waals surface area (Å²) in [5.74, 6) is 0. The fourth-order valence-electron chi connectivity index (χ4n) is 2.54. The highest BCUT2D eigenvalue weighted by Gasteiger charge is 2.18. The van der Waals surface area contributed by atoms with Gasteiger partial charge in [0.15, 0.2) is 0 Å². The maximum absolute atomic E-state index is 4.38. The Morgan fingerprint density at radius 3 is 2.90 bits per heavy atom. The normalized spacial score (nSPS) is 23.4. The second-order valence-electron chi connectivity index (χ2n) is 5.10. The van der Waals surface area contributed by atoms with Gasteiger partial charge in [-0.25, -0.2) is 0 Å². The molecule has 2 aliphatic rings. The summed E-state index contributed by atoms with van der Waals surface area (Å²) in [6.45, 7) is 6.23. The van der Waals surface area contributed by atoms with Gasteiger partial charge in [-0.05, 0) is 46.4 Å². The molecule has 0 saturated carbocycles. The van der Waals surface area contributed by atoms with Crippen LogP contribution in [0.4, 0.5) is 0 Å². The van der Waals surface area contributed by atoms with E-state index in [4.69, 9.17) is 0 Å². The molecule has 0 unspecified atom stereocenters. The van der Waals surface area contributed by atoms with Crippen LogP contribution in [0.25, 0.3) is 5.57 Å². The minimum Gasteiger partial charge on any atom is -0.264 e. The summed E-state index contributed by atoms with van der Waals surface area (Å²) in [7, 11) is 0. The molecule has 0 atom stereocenters. The van der Waals surface area contributed by atoms with E-state index in [2.05, 4.69) is 48.8 Å². The summed E-state index contributed by atoms with van der Waals surface area (Å²) < 4.78 is 0. The van der Waals surface area contributed by atoms with Crippen molar-refractivity contribution in [2.45, 2.75) is 13.3 Å². The van der Waals surface area contributed by atoms with Crippen molar-refractivity contribution in [3.63, 3.8) is 0 Å². The molecule has 1 aliphatic heterocycles. The topological polar surface area (TPSA) is 12.4 Å². The highest BCUT2D eigenvalue weighted by atomic mass is 14.7. The average molecular weight is 259 g/mol. The van der Waals surface area contributed by atoms with Gasteiger partial charge in [-0.1, -0.05) is 49.1 Å². The first-order valence-corrected chi connectivity index (χ1v) is 6.81. The van der Waals surface area contributed by atoms with Crippen molar-refractivity contribution >= 4 is 11.8 Å². The van der Waals surface area contributed by atoms with E-state index in [9.17, 15) is 0 Å². The number of aliphatic imine (C=N–C) groups is 1. The smallest absolute Gasteiger partial charge is 0.0309 e. The van der Waals surface area contributed by atoms with Gasteiger partial charge in [-0.3, -0.25) is 4.99 Å². The summed E-state index contributed by atoms with van der Waals surface area (Å²) >= 11 is 0. The maximum Gasteiger partial charge on any atom is 0.0309 e. The van der Waals surface area contributed by atoms with Crippen LogP contribution < -0.4 is 0 Å². The Morgan fingerprint density at radius 1 is 1.15 bits per heavy atom. The SMILES string of the molecule is C=C1/C=C\C=C/N=CC2=C(/C=C/1C)c1ccccc1C2. The third-order valence-corrected chi connectivity index (χ3v) is 3.71. The molecule has 1 aromatic rings. The van der Waals surface area contributed by atoms with Crippen LogP contribution in [0.3, 0.4) is 0 Å². The highest BCUT2D eigenvalue weighted by Crippen LogP contribution is 2.34. The Bertz CT molecular complexity index is 709. The molecule has 20 heavy (non-hydrogen) atoms. The van der Waals surface area contributed by atoms with Crippen LogP contribution in [0.2, 0.25) is 0 Å². The van der Waals surface area contributed by atoms with E-state index in [1.54, 1.807) is 0 Å². The van der Waals surface area contributed by atoms with Crippen LogP contribution in [-0.4, -0.2) is 6.21 Å². The Balaban J connectivity index is 2.16. The van der Waals surface area contributed by atoms with E-state index in [0.29, 0.717) is 0 Å². The van der Waals surface area contributed by atoms with Gasteiger partial charge in [-0.15, -0.1) is 0 Å². The van der Waals surface area contributed by atoms with E-state index in [1.807, 2.05) is 30.6 Å². The number of nitrogens with zero attached hydrogens (tertiary/aromatic N) is 1. The first-order chi connectivity index (χ1) is 9.75. The van der Waals surface area contributed by atoms with Gasteiger partial charge < -0.3 is 0 Å². The Kier molecular flexibility index (Phi) is 3.34. The van der Waals surface area contributed by atoms with Crippen molar-refractivity contribution in [2.24, 2.45) is 4.99 Å². The zero-order valence-electron chi connectivity index (χ0n) is 11.6. The number of benzene rings is 1. The largest absolute Gasteiger partial charge is 0.264 e. The molecule has 1 heterocycles. The van der Waals surface area contributed by atoms with Crippen LogP contribution in [0.1, 0.15) is 18.1 Å². The van der Waals surface area contributed by atoms with Crippen LogP contribution in [0.15, 0.2) is 83.1 Å². The van der Waals surface area contributed by atoms with Crippen LogP contribution >= 0.6 is 0 Å². The van der Waals surface area contributed by atoms with E-state index < -0.39 is 0 Å². The lowest BCUT2D eigenvalue weighted by Gasteiger charge is -2.05. The van der Waals surface area contributed by atoms with Crippen molar-refractivity contribution in [2.75, 3.05) is 0 Å². The van der Waals surface area contributed by atoms with E-state index in [-0.39, 0.29) is 0 Å². The summed E-state index contributed by atoms with van der Waals surface area (Å²) in [4.78, 5) is 4.38. The molecule has 3 rings (SSSR count). The van der Waals surface area contributed by atoms with Crippen LogP contribution in [0, 0.1) is 0 Å². The van der Waals surface area contributed by atoms with Gasteiger partial charge in [0.2, 0.25) is 0 Å². The van der Waals surface area contributed by atoms with Gasteiger partial charge in [0, 0.05) is 18.8 Å². The van der Waals surface area contributed by atoms with Crippen molar-refractivity contribution in [1.82, 2.24) is 0 Å². The predicted molar refractivity (Wildman–Crippen MR) is 86.7 cm³/mol. The number of allylic oxidation sites excluding steroid dienone is 8. The molecule has 0 fully saturated rings. The molecule has 1 aliphatic carbocycles. The molecular weight excluding hydrogens is 242 g/mol. The van der Waals surface area contributed by atoms with E-state index in [1.165, 1.54) is 27.8 Å². The lowest BCUT2D eigenvalue weighted by Crippen LogP contribution is -1.87. The zero-order valence-corrected chi connectivity index (χ0v) is 11.6. The first-order valence-electron chi connectivity index (χ1n) is 6.81.